The van der Waals surface area contributed by atoms with Gasteiger partial charge in [0.25, 0.3) is 0 Å². The Morgan fingerprint density at radius 3 is 2.64 bits per heavy atom. The van der Waals surface area contributed by atoms with E-state index in [0.717, 1.165) is 48.7 Å². The van der Waals surface area contributed by atoms with Crippen LogP contribution >= 0.6 is 23.4 Å². The van der Waals surface area contributed by atoms with Gasteiger partial charge in [0.15, 0.2) is 16.2 Å². The van der Waals surface area contributed by atoms with Crippen LogP contribution in [0.5, 0.6) is 5.75 Å². The lowest BCUT2D eigenvalue weighted by Crippen LogP contribution is -2.53. The molecule has 1 saturated carbocycles. The molecule has 2 aromatic carbocycles. The first-order valence-corrected chi connectivity index (χ1v) is 13.4. The largest absolute Gasteiger partial charge is 0.495 e. The van der Waals surface area contributed by atoms with Gasteiger partial charge in [-0.25, -0.2) is 0 Å². The molecule has 1 aliphatic heterocycles. The summed E-state index contributed by atoms with van der Waals surface area (Å²) in [6.07, 6.45) is 7.13. The van der Waals surface area contributed by atoms with Crippen LogP contribution in [0, 0.1) is 5.92 Å². The summed E-state index contributed by atoms with van der Waals surface area (Å²) < 4.78 is 13.3. The lowest BCUT2D eigenvalue weighted by Gasteiger charge is -2.42. The fourth-order valence-corrected chi connectivity index (χ4v) is 6.55. The fraction of sp³-hybridized carbons (Fsp3) is 0.407. The zero-order valence-electron chi connectivity index (χ0n) is 20.1. The summed E-state index contributed by atoms with van der Waals surface area (Å²) in [4.78, 5) is 26.8. The lowest BCUT2D eigenvalue weighted by atomic mass is 9.76. The van der Waals surface area contributed by atoms with Crippen molar-refractivity contribution in [3.05, 3.63) is 65.4 Å². The number of carbonyl (C=O) groups excluding carboxylic acids is 2. The molecular formula is C27H28ClN3O4S. The first kappa shape index (κ1) is 24.8. The Morgan fingerprint density at radius 2 is 1.94 bits per heavy atom. The highest BCUT2D eigenvalue weighted by Gasteiger charge is 2.52. The summed E-state index contributed by atoms with van der Waals surface area (Å²) in [5.41, 5.74) is 1.09. The summed E-state index contributed by atoms with van der Waals surface area (Å²) >= 11 is 7.43. The van der Waals surface area contributed by atoms with Gasteiger partial charge in [-0.1, -0.05) is 60.5 Å². The third-order valence-electron chi connectivity index (χ3n) is 7.21. The summed E-state index contributed by atoms with van der Waals surface area (Å²) in [5.74, 6) is 0.198. The molecule has 2 fully saturated rings. The molecule has 1 aliphatic carbocycles. The summed E-state index contributed by atoms with van der Waals surface area (Å²) in [6.45, 7) is 0. The number of Topliss-reactive ketones (excluding diaryl/α,β-unsaturated/α-hetero) is 1. The predicted molar refractivity (Wildman–Crippen MR) is 138 cm³/mol. The lowest BCUT2D eigenvalue weighted by molar-refractivity contribution is -0.177. The minimum Gasteiger partial charge on any atom is -0.495 e. The van der Waals surface area contributed by atoms with Crippen molar-refractivity contribution in [1.29, 1.82) is 0 Å². The highest BCUT2D eigenvalue weighted by Crippen LogP contribution is 2.46. The van der Waals surface area contributed by atoms with Crippen molar-refractivity contribution in [2.45, 2.75) is 61.0 Å². The number of benzene rings is 2. The maximum absolute atomic E-state index is 13.5. The SMILES string of the molecule is COc1ccc(CCC2(C3CCCC3)CC(=O)C(Sc3nncn3-c3ccccc3)C(=O)O2)cc1Cl. The molecule has 2 atom stereocenters. The van der Waals surface area contributed by atoms with E-state index in [2.05, 4.69) is 10.2 Å². The monoisotopic (exact) mass is 525 g/mol. The van der Waals surface area contributed by atoms with Gasteiger partial charge in [0.1, 0.15) is 17.7 Å². The molecule has 188 valence electrons. The first-order valence-electron chi connectivity index (χ1n) is 12.2. The van der Waals surface area contributed by atoms with Crippen molar-refractivity contribution < 1.29 is 19.1 Å². The first-order chi connectivity index (χ1) is 17.5. The Bertz CT molecular complexity index is 1220. The number of methoxy groups -OCH3 is 1. The predicted octanol–water partition coefficient (Wildman–Crippen LogP) is 5.47. The molecule has 0 N–H and O–H groups in total. The number of cyclic esters (lactones) is 1. The number of halogens is 1. The van der Waals surface area contributed by atoms with Crippen LogP contribution in [0.15, 0.2) is 60.0 Å². The van der Waals surface area contributed by atoms with Gasteiger partial charge in [-0.3, -0.25) is 14.2 Å². The molecule has 1 saturated heterocycles. The number of carbonyl (C=O) groups is 2. The number of esters is 1. The average molecular weight is 526 g/mol. The van der Waals surface area contributed by atoms with E-state index in [0.29, 0.717) is 28.8 Å². The Balaban J connectivity index is 1.34. The maximum atomic E-state index is 13.5. The van der Waals surface area contributed by atoms with Gasteiger partial charge in [0.2, 0.25) is 0 Å². The molecule has 2 heterocycles. The molecule has 5 rings (SSSR count). The molecule has 0 amide bonds. The standard InChI is InChI=1S/C27H28ClN3O4S/c1-34-23-12-11-18(15-21(23)28)13-14-27(19-7-5-6-8-19)16-22(32)24(25(33)35-27)36-26-30-29-17-31(26)20-9-3-2-4-10-20/h2-4,9-12,15,17,19,24H,5-8,13-14,16H2,1H3. The number of aryl methyl sites for hydroxylation is 1. The van der Waals surface area contributed by atoms with Gasteiger partial charge < -0.3 is 9.47 Å². The van der Waals surface area contributed by atoms with Crippen LogP contribution in [0.3, 0.4) is 0 Å². The van der Waals surface area contributed by atoms with Crippen LogP contribution in [0.2, 0.25) is 5.02 Å². The van der Waals surface area contributed by atoms with Gasteiger partial charge in [-0.15, -0.1) is 10.2 Å². The van der Waals surface area contributed by atoms with Crippen LogP contribution in [0.1, 0.15) is 44.1 Å². The Labute approximate surface area is 219 Å². The highest BCUT2D eigenvalue weighted by molar-refractivity contribution is 8.01. The second-order valence-electron chi connectivity index (χ2n) is 9.40. The molecule has 2 unspecified atom stereocenters. The quantitative estimate of drug-likeness (QED) is 0.285. The second kappa shape index (κ2) is 10.6. The molecular weight excluding hydrogens is 498 g/mol. The number of thioether (sulfide) groups is 1. The molecule has 0 spiro atoms. The molecule has 3 aromatic rings. The van der Waals surface area contributed by atoms with Crippen molar-refractivity contribution in [3.8, 4) is 11.4 Å². The Kier molecular flexibility index (Phi) is 7.34. The fourth-order valence-electron chi connectivity index (χ4n) is 5.34. The van der Waals surface area contributed by atoms with E-state index in [-0.39, 0.29) is 18.1 Å². The molecule has 36 heavy (non-hydrogen) atoms. The van der Waals surface area contributed by atoms with Crippen LogP contribution in [-0.2, 0) is 20.7 Å². The van der Waals surface area contributed by atoms with E-state index >= 15 is 0 Å². The summed E-state index contributed by atoms with van der Waals surface area (Å²) in [7, 11) is 1.58. The third-order valence-corrected chi connectivity index (χ3v) is 8.69. The third kappa shape index (κ3) is 5.02. The summed E-state index contributed by atoms with van der Waals surface area (Å²) in [5, 5.41) is 8.23. The molecule has 9 heteroatoms. The maximum Gasteiger partial charge on any atom is 0.327 e. The number of nitrogens with zero attached hydrogens (tertiary/aromatic N) is 3. The minimum absolute atomic E-state index is 0.112. The number of rotatable bonds is 8. The van der Waals surface area contributed by atoms with E-state index < -0.39 is 16.8 Å². The van der Waals surface area contributed by atoms with E-state index in [4.69, 9.17) is 21.1 Å². The number of ether oxygens (including phenoxy) is 2. The van der Waals surface area contributed by atoms with Crippen molar-refractivity contribution >= 4 is 35.1 Å². The van der Waals surface area contributed by atoms with Crippen molar-refractivity contribution in [1.82, 2.24) is 14.8 Å². The van der Waals surface area contributed by atoms with Crippen LogP contribution in [0.4, 0.5) is 0 Å². The average Bonchev–Trinajstić information content (AvgIpc) is 3.59. The van der Waals surface area contributed by atoms with Gasteiger partial charge >= 0.3 is 5.97 Å². The molecule has 2 aliphatic rings. The zero-order chi connectivity index (χ0) is 25.1. The molecule has 0 radical (unpaired) electrons. The van der Waals surface area contributed by atoms with Crippen LogP contribution in [-0.4, -0.2) is 44.5 Å². The second-order valence-corrected chi connectivity index (χ2v) is 10.9. The molecule has 7 nitrogen and oxygen atoms in total. The normalized spacial score (nSPS) is 22.6. The van der Waals surface area contributed by atoms with Crippen LogP contribution < -0.4 is 4.74 Å². The minimum atomic E-state index is -0.957. The number of aromatic nitrogens is 3. The number of hydrogen-bond acceptors (Lipinski definition) is 7. The van der Waals surface area contributed by atoms with Crippen molar-refractivity contribution in [2.24, 2.45) is 5.92 Å². The van der Waals surface area contributed by atoms with Gasteiger partial charge in [-0.2, -0.15) is 0 Å². The number of para-hydroxylation sites is 1. The summed E-state index contributed by atoms with van der Waals surface area (Å²) in [6, 6.07) is 15.3. The zero-order valence-corrected chi connectivity index (χ0v) is 21.6. The van der Waals surface area contributed by atoms with E-state index in [1.54, 1.807) is 18.0 Å². The van der Waals surface area contributed by atoms with E-state index in [1.807, 2.05) is 48.5 Å². The van der Waals surface area contributed by atoms with Crippen molar-refractivity contribution in [2.75, 3.05) is 7.11 Å². The molecule has 0 bridgehead atoms. The van der Waals surface area contributed by atoms with E-state index in [9.17, 15) is 9.59 Å². The van der Waals surface area contributed by atoms with E-state index in [1.165, 1.54) is 0 Å². The van der Waals surface area contributed by atoms with Gasteiger partial charge in [0, 0.05) is 12.1 Å². The highest BCUT2D eigenvalue weighted by atomic mass is 35.5. The Morgan fingerprint density at radius 1 is 1.17 bits per heavy atom. The molecule has 1 aromatic heterocycles. The van der Waals surface area contributed by atoms with Crippen LogP contribution in [0.25, 0.3) is 5.69 Å². The number of ketones is 1. The van der Waals surface area contributed by atoms with Gasteiger partial charge in [-0.05, 0) is 61.4 Å². The van der Waals surface area contributed by atoms with Gasteiger partial charge in [0.05, 0.1) is 12.1 Å². The smallest absolute Gasteiger partial charge is 0.327 e. The topological polar surface area (TPSA) is 83.3 Å². The van der Waals surface area contributed by atoms with Crippen molar-refractivity contribution in [3.63, 3.8) is 0 Å². The Hall–Kier alpha value is -2.84. The number of hydrogen-bond donors (Lipinski definition) is 0.